The van der Waals surface area contributed by atoms with Crippen LogP contribution in [0, 0.1) is 6.92 Å². The predicted octanol–water partition coefficient (Wildman–Crippen LogP) is 7.74. The van der Waals surface area contributed by atoms with E-state index < -0.39 is 0 Å². The number of aryl methyl sites for hydroxylation is 1. The molecule has 0 radical (unpaired) electrons. The molecule has 0 spiro atoms. The Morgan fingerprint density at radius 3 is 2.00 bits per heavy atom. The van der Waals surface area contributed by atoms with Gasteiger partial charge in [0.2, 0.25) is 0 Å². The van der Waals surface area contributed by atoms with Gasteiger partial charge in [0.1, 0.15) is 5.82 Å². The van der Waals surface area contributed by atoms with Crippen LogP contribution in [0.1, 0.15) is 49.9 Å². The summed E-state index contributed by atoms with van der Waals surface area (Å²) in [7, 11) is 0. The molecule has 0 unspecified atom stereocenters. The Kier molecular flexibility index (Phi) is 8.32. The van der Waals surface area contributed by atoms with Gasteiger partial charge in [-0.15, -0.1) is 0 Å². The molecule has 4 rings (SSSR count). The highest BCUT2D eigenvalue weighted by molar-refractivity contribution is 5.68. The number of unbranched alkanes of at least 4 members (excludes halogenated alkanes) is 1. The van der Waals surface area contributed by atoms with Gasteiger partial charge in [0.15, 0.2) is 0 Å². The molecule has 0 aliphatic heterocycles. The van der Waals surface area contributed by atoms with E-state index in [0.29, 0.717) is 0 Å². The second kappa shape index (κ2) is 11.8. The smallest absolute Gasteiger partial charge is 0.140 e. The third-order valence-corrected chi connectivity index (χ3v) is 6.33. The SMILES string of the molecule is CCCCn1c(-c2ccccc2)nc(-c2ccccc2)c1CN(CCC)Cc1ccc(C)cc1. The van der Waals surface area contributed by atoms with E-state index in [2.05, 4.69) is 115 Å². The van der Waals surface area contributed by atoms with Gasteiger partial charge in [0, 0.05) is 30.8 Å². The number of hydrogen-bond donors (Lipinski definition) is 0. The van der Waals surface area contributed by atoms with E-state index in [0.717, 1.165) is 57.0 Å². The Bertz CT molecular complexity index is 1140. The largest absolute Gasteiger partial charge is 0.326 e. The van der Waals surface area contributed by atoms with Crippen molar-refractivity contribution in [2.45, 2.75) is 59.7 Å². The van der Waals surface area contributed by atoms with Crippen molar-refractivity contribution in [3.05, 3.63) is 102 Å². The average molecular weight is 452 g/mol. The Morgan fingerprint density at radius 2 is 1.38 bits per heavy atom. The van der Waals surface area contributed by atoms with Crippen molar-refractivity contribution in [1.82, 2.24) is 14.5 Å². The lowest BCUT2D eigenvalue weighted by Gasteiger charge is -2.24. The molecule has 0 amide bonds. The molecule has 3 aromatic carbocycles. The molecule has 0 saturated heterocycles. The van der Waals surface area contributed by atoms with E-state index >= 15 is 0 Å². The molecular weight excluding hydrogens is 414 g/mol. The summed E-state index contributed by atoms with van der Waals surface area (Å²) in [6.07, 6.45) is 3.43. The van der Waals surface area contributed by atoms with Crippen molar-refractivity contribution in [2.75, 3.05) is 6.54 Å². The van der Waals surface area contributed by atoms with Crippen molar-refractivity contribution >= 4 is 0 Å². The molecule has 0 atom stereocenters. The molecule has 1 aromatic heterocycles. The molecule has 176 valence electrons. The van der Waals surface area contributed by atoms with Gasteiger partial charge in [-0.25, -0.2) is 4.98 Å². The third-order valence-electron chi connectivity index (χ3n) is 6.33. The standard InChI is InChI=1S/C31H37N3/c1-4-6-22-34-29(24-33(21-5-2)23-26-19-17-25(3)18-20-26)30(27-13-9-7-10-14-27)32-31(34)28-15-11-8-12-16-28/h7-20H,4-6,21-24H2,1-3H3. The van der Waals surface area contributed by atoms with Crippen molar-refractivity contribution in [3.8, 4) is 22.6 Å². The Balaban J connectivity index is 1.78. The van der Waals surface area contributed by atoms with Gasteiger partial charge in [-0.3, -0.25) is 4.90 Å². The fraction of sp³-hybridized carbons (Fsp3) is 0.323. The minimum atomic E-state index is 0.884. The van der Waals surface area contributed by atoms with Crippen LogP contribution in [0.15, 0.2) is 84.9 Å². The lowest BCUT2D eigenvalue weighted by molar-refractivity contribution is 0.251. The first-order valence-corrected chi connectivity index (χ1v) is 12.7. The predicted molar refractivity (Wildman–Crippen MR) is 144 cm³/mol. The molecule has 0 fully saturated rings. The van der Waals surface area contributed by atoms with E-state index in [1.165, 1.54) is 27.9 Å². The normalized spacial score (nSPS) is 11.3. The Hall–Kier alpha value is -3.17. The van der Waals surface area contributed by atoms with Gasteiger partial charge in [0.05, 0.1) is 11.4 Å². The monoisotopic (exact) mass is 451 g/mol. The summed E-state index contributed by atoms with van der Waals surface area (Å²) in [5, 5.41) is 0. The van der Waals surface area contributed by atoms with Gasteiger partial charge >= 0.3 is 0 Å². The summed E-state index contributed by atoms with van der Waals surface area (Å²) in [5.74, 6) is 1.08. The third kappa shape index (κ3) is 5.84. The fourth-order valence-electron chi connectivity index (χ4n) is 4.53. The first kappa shape index (κ1) is 24.0. The highest BCUT2D eigenvalue weighted by atomic mass is 15.2. The van der Waals surface area contributed by atoms with Crippen LogP contribution in [-0.4, -0.2) is 21.0 Å². The highest BCUT2D eigenvalue weighted by Crippen LogP contribution is 2.31. The maximum atomic E-state index is 5.27. The lowest BCUT2D eigenvalue weighted by Crippen LogP contribution is -2.25. The molecule has 1 heterocycles. The second-order valence-corrected chi connectivity index (χ2v) is 9.16. The molecule has 3 nitrogen and oxygen atoms in total. The van der Waals surface area contributed by atoms with Gasteiger partial charge in [-0.2, -0.15) is 0 Å². The molecular formula is C31H37N3. The van der Waals surface area contributed by atoms with E-state index in [-0.39, 0.29) is 0 Å². The topological polar surface area (TPSA) is 21.1 Å². The molecule has 0 N–H and O–H groups in total. The molecule has 34 heavy (non-hydrogen) atoms. The number of rotatable bonds is 11. The zero-order valence-electron chi connectivity index (χ0n) is 20.9. The first-order valence-electron chi connectivity index (χ1n) is 12.7. The van der Waals surface area contributed by atoms with Crippen LogP contribution in [0.25, 0.3) is 22.6 Å². The van der Waals surface area contributed by atoms with E-state index in [4.69, 9.17) is 4.98 Å². The summed E-state index contributed by atoms with van der Waals surface area (Å²) in [6, 6.07) is 30.3. The van der Waals surface area contributed by atoms with Crippen LogP contribution in [0.2, 0.25) is 0 Å². The van der Waals surface area contributed by atoms with Gasteiger partial charge in [-0.05, 0) is 31.9 Å². The molecule has 4 aromatic rings. The van der Waals surface area contributed by atoms with Crippen LogP contribution < -0.4 is 0 Å². The molecule has 0 saturated carbocycles. The lowest BCUT2D eigenvalue weighted by atomic mass is 10.1. The molecule has 3 heteroatoms. The zero-order chi connectivity index (χ0) is 23.8. The van der Waals surface area contributed by atoms with Crippen molar-refractivity contribution < 1.29 is 0 Å². The number of nitrogens with zero attached hydrogens (tertiary/aromatic N) is 3. The van der Waals surface area contributed by atoms with Crippen LogP contribution in [0.5, 0.6) is 0 Å². The minimum Gasteiger partial charge on any atom is -0.326 e. The van der Waals surface area contributed by atoms with Crippen LogP contribution in [0.3, 0.4) is 0 Å². The van der Waals surface area contributed by atoms with Gasteiger partial charge in [0.25, 0.3) is 0 Å². The quantitative estimate of drug-likeness (QED) is 0.232. The maximum absolute atomic E-state index is 5.27. The van der Waals surface area contributed by atoms with Crippen molar-refractivity contribution in [2.24, 2.45) is 0 Å². The first-order chi connectivity index (χ1) is 16.7. The maximum Gasteiger partial charge on any atom is 0.140 e. The molecule has 0 aliphatic carbocycles. The minimum absolute atomic E-state index is 0.884. The Labute approximate surface area is 205 Å². The molecule has 0 bridgehead atoms. The van der Waals surface area contributed by atoms with Gasteiger partial charge in [-0.1, -0.05) is 111 Å². The van der Waals surface area contributed by atoms with Gasteiger partial charge < -0.3 is 4.57 Å². The summed E-state index contributed by atoms with van der Waals surface area (Å²) >= 11 is 0. The van der Waals surface area contributed by atoms with E-state index in [1.54, 1.807) is 0 Å². The van der Waals surface area contributed by atoms with Crippen LogP contribution >= 0.6 is 0 Å². The average Bonchev–Trinajstić information content (AvgIpc) is 3.23. The molecule has 0 aliphatic rings. The summed E-state index contributed by atoms with van der Waals surface area (Å²) in [6.45, 7) is 10.6. The zero-order valence-corrected chi connectivity index (χ0v) is 20.9. The summed E-state index contributed by atoms with van der Waals surface area (Å²) in [5.41, 5.74) is 7.48. The fourth-order valence-corrected chi connectivity index (χ4v) is 4.53. The van der Waals surface area contributed by atoms with Crippen molar-refractivity contribution in [3.63, 3.8) is 0 Å². The summed E-state index contributed by atoms with van der Waals surface area (Å²) in [4.78, 5) is 7.85. The number of aromatic nitrogens is 2. The Morgan fingerprint density at radius 1 is 0.735 bits per heavy atom. The number of hydrogen-bond acceptors (Lipinski definition) is 2. The highest BCUT2D eigenvalue weighted by Gasteiger charge is 2.21. The number of imidazole rings is 1. The van der Waals surface area contributed by atoms with E-state index in [9.17, 15) is 0 Å². The van der Waals surface area contributed by atoms with E-state index in [1.807, 2.05) is 0 Å². The van der Waals surface area contributed by atoms with Crippen LogP contribution in [0.4, 0.5) is 0 Å². The second-order valence-electron chi connectivity index (χ2n) is 9.16. The summed E-state index contributed by atoms with van der Waals surface area (Å²) < 4.78 is 2.49. The van der Waals surface area contributed by atoms with Crippen LogP contribution in [-0.2, 0) is 19.6 Å². The van der Waals surface area contributed by atoms with Crippen molar-refractivity contribution in [1.29, 1.82) is 0 Å². The number of benzene rings is 3.